The molecule has 1 saturated heterocycles. The second kappa shape index (κ2) is 10.1. The van der Waals surface area contributed by atoms with E-state index in [2.05, 4.69) is 35.6 Å². The Bertz CT molecular complexity index is 1450. The molecule has 6 rings (SSSR count). The van der Waals surface area contributed by atoms with Crippen molar-refractivity contribution in [2.75, 3.05) is 16.8 Å². The van der Waals surface area contributed by atoms with Crippen LogP contribution < -0.4 is 10.1 Å². The number of anilines is 1. The quantitative estimate of drug-likeness (QED) is 0.412. The van der Waals surface area contributed by atoms with Crippen LogP contribution in [0.1, 0.15) is 53.9 Å². The van der Waals surface area contributed by atoms with Gasteiger partial charge < -0.3 is 15.2 Å². The van der Waals surface area contributed by atoms with Crippen LogP contribution in [0.15, 0.2) is 60.7 Å². The Hall–Kier alpha value is -3.32. The molecule has 2 N–H and O–H groups in total. The molecule has 2 aliphatic carbocycles. The first-order chi connectivity index (χ1) is 18.3. The van der Waals surface area contributed by atoms with Crippen molar-refractivity contribution in [1.82, 2.24) is 0 Å². The number of sulfone groups is 1. The van der Waals surface area contributed by atoms with Gasteiger partial charge in [0.15, 0.2) is 9.84 Å². The van der Waals surface area contributed by atoms with Crippen molar-refractivity contribution in [3.8, 4) is 16.9 Å². The predicted molar refractivity (Wildman–Crippen MR) is 148 cm³/mol. The number of hydrogen-bond acceptors (Lipinski definition) is 5. The Morgan fingerprint density at radius 2 is 1.68 bits per heavy atom. The van der Waals surface area contributed by atoms with Crippen molar-refractivity contribution < 1.29 is 23.1 Å². The molecule has 3 aromatic rings. The van der Waals surface area contributed by atoms with E-state index in [0.29, 0.717) is 19.4 Å². The molecule has 38 heavy (non-hydrogen) atoms. The van der Waals surface area contributed by atoms with E-state index in [4.69, 9.17) is 4.74 Å². The van der Waals surface area contributed by atoms with E-state index < -0.39 is 15.8 Å². The minimum Gasteiger partial charge on any atom is -0.490 e. The van der Waals surface area contributed by atoms with Gasteiger partial charge in [-0.2, -0.15) is 0 Å². The van der Waals surface area contributed by atoms with E-state index >= 15 is 0 Å². The van der Waals surface area contributed by atoms with Crippen molar-refractivity contribution in [2.45, 2.75) is 57.1 Å². The lowest BCUT2D eigenvalue weighted by atomic mass is 9.94. The molecular weight excluding hydrogens is 498 g/mol. The molecule has 3 aromatic carbocycles. The predicted octanol–water partition coefficient (Wildman–Crippen LogP) is 5.60. The summed E-state index contributed by atoms with van der Waals surface area (Å²) in [5.74, 6) is 0.470. The van der Waals surface area contributed by atoms with Gasteiger partial charge in [0, 0.05) is 12.2 Å². The smallest absolute Gasteiger partial charge is 0.307 e. The summed E-state index contributed by atoms with van der Waals surface area (Å²) in [5, 5.41) is 12.7. The van der Waals surface area contributed by atoms with E-state index in [1.54, 1.807) is 0 Å². The summed E-state index contributed by atoms with van der Waals surface area (Å²) in [5.41, 5.74) is 8.49. The minimum atomic E-state index is -2.90. The number of aryl methyl sites for hydroxylation is 2. The van der Waals surface area contributed by atoms with Gasteiger partial charge in [-0.05, 0) is 108 Å². The number of benzene rings is 3. The maximum Gasteiger partial charge on any atom is 0.307 e. The Balaban J connectivity index is 1.14. The second-order valence-corrected chi connectivity index (χ2v) is 13.2. The summed E-state index contributed by atoms with van der Waals surface area (Å²) in [6.45, 7) is 0.703. The fraction of sp³-hybridized carbons (Fsp3) is 0.387. The molecule has 198 valence electrons. The van der Waals surface area contributed by atoms with E-state index in [-0.39, 0.29) is 29.4 Å². The normalized spacial score (nSPS) is 22.0. The number of rotatable bonds is 7. The summed E-state index contributed by atoms with van der Waals surface area (Å²) < 4.78 is 29.7. The zero-order valence-electron chi connectivity index (χ0n) is 21.4. The summed E-state index contributed by atoms with van der Waals surface area (Å²) in [4.78, 5) is 11.2. The number of carbonyl (C=O) groups is 1. The van der Waals surface area contributed by atoms with Gasteiger partial charge in [0.1, 0.15) is 11.9 Å². The third kappa shape index (κ3) is 5.44. The molecule has 0 spiro atoms. The van der Waals surface area contributed by atoms with Crippen molar-refractivity contribution >= 4 is 21.5 Å². The molecule has 6 nitrogen and oxygen atoms in total. The number of carboxylic acid groups (broad SMARTS) is 1. The highest BCUT2D eigenvalue weighted by Crippen LogP contribution is 2.47. The number of fused-ring (bicyclic) bond motifs is 3. The Morgan fingerprint density at radius 1 is 0.921 bits per heavy atom. The van der Waals surface area contributed by atoms with Crippen LogP contribution in [0.3, 0.4) is 0 Å². The summed E-state index contributed by atoms with van der Waals surface area (Å²) in [7, 11) is -2.90. The lowest BCUT2D eigenvalue weighted by Gasteiger charge is -2.24. The molecule has 0 aromatic heterocycles. The molecule has 2 atom stereocenters. The maximum absolute atomic E-state index is 11.7. The van der Waals surface area contributed by atoms with Crippen molar-refractivity contribution in [3.63, 3.8) is 0 Å². The molecule has 1 aliphatic heterocycles. The number of ether oxygens (including phenoxy) is 1. The van der Waals surface area contributed by atoms with Gasteiger partial charge in [-0.15, -0.1) is 0 Å². The largest absolute Gasteiger partial charge is 0.490 e. The molecule has 1 heterocycles. The Kier molecular flexibility index (Phi) is 6.64. The van der Waals surface area contributed by atoms with E-state index in [1.807, 2.05) is 30.3 Å². The zero-order valence-corrected chi connectivity index (χ0v) is 22.2. The minimum absolute atomic E-state index is 0.0377. The average molecular weight is 532 g/mol. The molecular formula is C31H33NO5S. The number of nitrogens with one attached hydrogen (secondary N) is 1. The monoisotopic (exact) mass is 531 g/mol. The summed E-state index contributed by atoms with van der Waals surface area (Å²) in [6.07, 6.45) is 4.92. The lowest BCUT2D eigenvalue weighted by Crippen LogP contribution is -2.30. The van der Waals surface area contributed by atoms with Crippen LogP contribution in [0.25, 0.3) is 11.1 Å². The topological polar surface area (TPSA) is 92.7 Å². The average Bonchev–Trinajstić information content (AvgIpc) is 3.73. The zero-order chi connectivity index (χ0) is 26.3. The van der Waals surface area contributed by atoms with Crippen LogP contribution in [-0.4, -0.2) is 37.1 Å². The van der Waals surface area contributed by atoms with E-state index in [1.165, 1.54) is 27.8 Å². The fourth-order valence-corrected chi connectivity index (χ4v) is 7.30. The SMILES string of the molecule is O=C(O)C1CC1c1ccc(NCc2ccc3c(c2)-c2ccc(OC4CCS(=O)(=O)CC4)cc2CCC3)cc1. The van der Waals surface area contributed by atoms with Gasteiger partial charge in [-0.3, -0.25) is 4.79 Å². The highest BCUT2D eigenvalue weighted by Gasteiger charge is 2.44. The van der Waals surface area contributed by atoms with Crippen molar-refractivity contribution in [3.05, 3.63) is 82.9 Å². The first-order valence-electron chi connectivity index (χ1n) is 13.5. The van der Waals surface area contributed by atoms with Crippen LogP contribution in [-0.2, 0) is 34.0 Å². The number of hydrogen-bond donors (Lipinski definition) is 2. The molecule has 2 unspecified atom stereocenters. The van der Waals surface area contributed by atoms with Crippen LogP contribution in [0.5, 0.6) is 5.75 Å². The third-order valence-corrected chi connectivity index (χ3v) is 9.90. The molecule has 2 fully saturated rings. The highest BCUT2D eigenvalue weighted by atomic mass is 32.2. The van der Waals surface area contributed by atoms with E-state index in [9.17, 15) is 18.3 Å². The van der Waals surface area contributed by atoms with Gasteiger partial charge in [-0.25, -0.2) is 8.42 Å². The maximum atomic E-state index is 11.7. The van der Waals surface area contributed by atoms with Crippen LogP contribution in [0.2, 0.25) is 0 Å². The summed E-state index contributed by atoms with van der Waals surface area (Å²) >= 11 is 0. The van der Waals surface area contributed by atoms with Crippen molar-refractivity contribution in [1.29, 1.82) is 0 Å². The van der Waals surface area contributed by atoms with Gasteiger partial charge in [0.25, 0.3) is 0 Å². The molecule has 7 heteroatoms. The molecule has 1 saturated carbocycles. The van der Waals surface area contributed by atoms with Crippen LogP contribution >= 0.6 is 0 Å². The second-order valence-electron chi connectivity index (χ2n) is 10.9. The van der Waals surface area contributed by atoms with Crippen molar-refractivity contribution in [2.24, 2.45) is 5.92 Å². The molecule has 3 aliphatic rings. The van der Waals surface area contributed by atoms with Gasteiger partial charge >= 0.3 is 5.97 Å². The van der Waals surface area contributed by atoms with Gasteiger partial charge in [-0.1, -0.05) is 30.3 Å². The lowest BCUT2D eigenvalue weighted by molar-refractivity contribution is -0.138. The highest BCUT2D eigenvalue weighted by molar-refractivity contribution is 7.91. The first-order valence-corrected chi connectivity index (χ1v) is 15.4. The van der Waals surface area contributed by atoms with Crippen LogP contribution in [0.4, 0.5) is 5.69 Å². The third-order valence-electron chi connectivity index (χ3n) is 8.18. The van der Waals surface area contributed by atoms with E-state index in [0.717, 1.165) is 42.7 Å². The first kappa shape index (κ1) is 25.0. The van der Waals surface area contributed by atoms with Gasteiger partial charge in [0.2, 0.25) is 0 Å². The molecule has 0 bridgehead atoms. The fourth-order valence-electron chi connectivity index (χ4n) is 5.85. The molecule has 0 radical (unpaired) electrons. The standard InChI is InChI=1S/C31H33NO5S/c33-31(34)30-18-29(30)22-6-8-24(9-7-22)32-19-20-4-5-21-2-1-3-23-17-26(10-11-27(23)28(21)16-20)37-25-12-14-38(35,36)15-13-25/h4-11,16-17,25,29-30,32H,1-3,12-15,18-19H2,(H,33,34). The Labute approximate surface area is 224 Å². The number of carboxylic acids is 1. The summed E-state index contributed by atoms with van der Waals surface area (Å²) in [6, 6.07) is 21.2. The number of aliphatic carboxylic acids is 1. The Morgan fingerprint density at radius 3 is 2.42 bits per heavy atom. The van der Waals surface area contributed by atoms with Gasteiger partial charge in [0.05, 0.1) is 17.4 Å². The van der Waals surface area contributed by atoms with Crippen LogP contribution in [0, 0.1) is 5.92 Å². The molecule has 0 amide bonds.